The Labute approximate surface area is 136 Å². The van der Waals surface area contributed by atoms with Gasteiger partial charge in [0.2, 0.25) is 0 Å². The third-order valence-corrected chi connectivity index (χ3v) is 3.33. The molecule has 4 nitrogen and oxygen atoms in total. The number of rotatable bonds is 5. The van der Waals surface area contributed by atoms with Gasteiger partial charge in [0.15, 0.2) is 5.78 Å². The third-order valence-electron chi connectivity index (χ3n) is 3.33. The smallest absolute Gasteiger partial charge is 0.253 e. The van der Waals surface area contributed by atoms with Crippen molar-refractivity contribution in [3.05, 3.63) is 76.9 Å². The minimum absolute atomic E-state index is 0.0581. The first-order chi connectivity index (χ1) is 11.4. The van der Waals surface area contributed by atoms with Crippen molar-refractivity contribution < 1.29 is 18.4 Å². The van der Waals surface area contributed by atoms with E-state index < -0.39 is 23.3 Å². The molecule has 0 aromatic heterocycles. The van der Waals surface area contributed by atoms with Crippen LogP contribution in [0.25, 0.3) is 5.57 Å². The van der Waals surface area contributed by atoms with Crippen LogP contribution in [0.1, 0.15) is 22.3 Å². The number of carbonyl (C=O) groups excluding carboxylic acids is 2. The standard InChI is InChI=1S/C18H12F2N2O2/c19-13-5-1-11(2-6-13)15(9-10-21)16(18(22)24)17(23)12-3-7-14(20)8-4-12/h1-8H,9H2,(H2,22,24)/b16-15+. The van der Waals surface area contributed by atoms with Crippen LogP contribution < -0.4 is 5.73 Å². The second-order valence-electron chi connectivity index (χ2n) is 4.90. The number of nitriles is 1. The fourth-order valence-corrected chi connectivity index (χ4v) is 2.21. The molecule has 0 saturated heterocycles. The lowest BCUT2D eigenvalue weighted by Crippen LogP contribution is -2.22. The second kappa shape index (κ2) is 7.29. The first kappa shape index (κ1) is 17.0. The summed E-state index contributed by atoms with van der Waals surface area (Å²) in [6.45, 7) is 0. The number of benzene rings is 2. The molecule has 2 N–H and O–H groups in total. The van der Waals surface area contributed by atoms with Gasteiger partial charge in [-0.15, -0.1) is 0 Å². The molecular formula is C18H12F2N2O2. The molecule has 120 valence electrons. The van der Waals surface area contributed by atoms with Crippen LogP contribution >= 0.6 is 0 Å². The third kappa shape index (κ3) is 3.70. The maximum atomic E-state index is 13.1. The molecule has 2 aromatic carbocycles. The van der Waals surface area contributed by atoms with Crippen LogP contribution in [-0.4, -0.2) is 11.7 Å². The Morgan fingerprint density at radius 2 is 1.38 bits per heavy atom. The van der Waals surface area contributed by atoms with E-state index >= 15 is 0 Å². The van der Waals surface area contributed by atoms with E-state index in [-0.39, 0.29) is 23.1 Å². The van der Waals surface area contributed by atoms with Crippen molar-refractivity contribution in [3.63, 3.8) is 0 Å². The molecule has 0 radical (unpaired) electrons. The van der Waals surface area contributed by atoms with Gasteiger partial charge in [-0.2, -0.15) is 5.26 Å². The Bertz CT molecular complexity index is 848. The van der Waals surface area contributed by atoms with E-state index in [1.54, 1.807) is 0 Å². The Morgan fingerprint density at radius 3 is 1.79 bits per heavy atom. The summed E-state index contributed by atoms with van der Waals surface area (Å²) in [5.41, 5.74) is 5.44. The second-order valence-corrected chi connectivity index (χ2v) is 4.90. The quantitative estimate of drug-likeness (QED) is 0.397. The summed E-state index contributed by atoms with van der Waals surface area (Å²) in [7, 11) is 0. The van der Waals surface area contributed by atoms with E-state index in [0.717, 1.165) is 24.3 Å². The average molecular weight is 326 g/mol. The van der Waals surface area contributed by atoms with Crippen LogP contribution in [0.3, 0.4) is 0 Å². The van der Waals surface area contributed by atoms with Crippen molar-refractivity contribution in [1.82, 2.24) is 0 Å². The van der Waals surface area contributed by atoms with Crippen molar-refractivity contribution in [2.75, 3.05) is 0 Å². The van der Waals surface area contributed by atoms with Crippen molar-refractivity contribution in [2.24, 2.45) is 5.73 Å². The first-order valence-corrected chi connectivity index (χ1v) is 6.90. The number of amides is 1. The Balaban J connectivity index is 2.62. The zero-order chi connectivity index (χ0) is 17.7. The molecule has 6 heteroatoms. The SMILES string of the molecule is N#CC/C(=C(\C(N)=O)C(=O)c1ccc(F)cc1)c1ccc(F)cc1. The Hall–Kier alpha value is -3.33. The van der Waals surface area contributed by atoms with Crippen LogP contribution in [0.4, 0.5) is 8.78 Å². The minimum Gasteiger partial charge on any atom is -0.365 e. The molecule has 24 heavy (non-hydrogen) atoms. The summed E-state index contributed by atoms with van der Waals surface area (Å²) in [6, 6.07) is 11.4. The number of carbonyl (C=O) groups is 2. The lowest BCUT2D eigenvalue weighted by Gasteiger charge is -2.11. The van der Waals surface area contributed by atoms with Crippen molar-refractivity contribution in [3.8, 4) is 6.07 Å². The molecule has 0 heterocycles. The number of primary amides is 1. The molecule has 0 aliphatic heterocycles. The summed E-state index contributed by atoms with van der Waals surface area (Å²) in [4.78, 5) is 24.4. The Kier molecular flexibility index (Phi) is 5.17. The lowest BCUT2D eigenvalue weighted by molar-refractivity contribution is -0.114. The number of nitrogens with zero attached hydrogens (tertiary/aromatic N) is 1. The zero-order valence-electron chi connectivity index (χ0n) is 12.4. The number of Topliss-reactive ketones (excluding diaryl/α,β-unsaturated/α-hetero) is 1. The fourth-order valence-electron chi connectivity index (χ4n) is 2.21. The number of ketones is 1. The highest BCUT2D eigenvalue weighted by Gasteiger charge is 2.23. The lowest BCUT2D eigenvalue weighted by atomic mass is 9.91. The van der Waals surface area contributed by atoms with Gasteiger partial charge in [-0.05, 0) is 47.5 Å². The van der Waals surface area contributed by atoms with Gasteiger partial charge >= 0.3 is 0 Å². The molecular weight excluding hydrogens is 314 g/mol. The van der Waals surface area contributed by atoms with Gasteiger partial charge in [-0.1, -0.05) is 12.1 Å². The molecule has 0 aliphatic carbocycles. The molecule has 0 aliphatic rings. The van der Waals surface area contributed by atoms with Gasteiger partial charge in [0.1, 0.15) is 11.6 Å². The highest BCUT2D eigenvalue weighted by molar-refractivity contribution is 6.29. The van der Waals surface area contributed by atoms with Crippen LogP contribution in [0.5, 0.6) is 0 Å². The maximum Gasteiger partial charge on any atom is 0.253 e. The molecule has 0 unspecified atom stereocenters. The monoisotopic (exact) mass is 326 g/mol. The normalized spacial score (nSPS) is 11.4. The van der Waals surface area contributed by atoms with Crippen molar-refractivity contribution >= 4 is 17.3 Å². The first-order valence-electron chi connectivity index (χ1n) is 6.90. The molecule has 0 saturated carbocycles. The summed E-state index contributed by atoms with van der Waals surface area (Å²) >= 11 is 0. The number of halogens is 2. The maximum absolute atomic E-state index is 13.1. The predicted molar refractivity (Wildman–Crippen MR) is 83.5 cm³/mol. The van der Waals surface area contributed by atoms with Crippen LogP contribution in [0.2, 0.25) is 0 Å². The Morgan fingerprint density at radius 1 is 0.917 bits per heavy atom. The van der Waals surface area contributed by atoms with E-state index in [1.807, 2.05) is 6.07 Å². The fraction of sp³-hybridized carbons (Fsp3) is 0.0556. The van der Waals surface area contributed by atoms with Crippen LogP contribution in [0, 0.1) is 23.0 Å². The highest BCUT2D eigenvalue weighted by atomic mass is 19.1. The zero-order valence-corrected chi connectivity index (χ0v) is 12.4. The molecule has 0 fully saturated rings. The van der Waals surface area contributed by atoms with Crippen molar-refractivity contribution in [2.45, 2.75) is 6.42 Å². The van der Waals surface area contributed by atoms with E-state index in [0.29, 0.717) is 5.56 Å². The summed E-state index contributed by atoms with van der Waals surface area (Å²) in [5, 5.41) is 9.00. The number of allylic oxidation sites excluding steroid dienone is 1. The topological polar surface area (TPSA) is 83.9 Å². The number of hydrogen-bond donors (Lipinski definition) is 1. The minimum atomic E-state index is -1.01. The molecule has 1 amide bonds. The van der Waals surface area contributed by atoms with Gasteiger partial charge < -0.3 is 5.73 Å². The van der Waals surface area contributed by atoms with Gasteiger partial charge in [0.05, 0.1) is 18.1 Å². The van der Waals surface area contributed by atoms with Gasteiger partial charge in [-0.25, -0.2) is 8.78 Å². The van der Waals surface area contributed by atoms with Gasteiger partial charge in [0, 0.05) is 5.56 Å². The summed E-state index contributed by atoms with van der Waals surface area (Å²) in [5.74, 6) is -2.77. The molecule has 0 atom stereocenters. The molecule has 2 rings (SSSR count). The van der Waals surface area contributed by atoms with Gasteiger partial charge in [-0.3, -0.25) is 9.59 Å². The highest BCUT2D eigenvalue weighted by Crippen LogP contribution is 2.25. The van der Waals surface area contributed by atoms with Crippen LogP contribution in [0.15, 0.2) is 54.1 Å². The van der Waals surface area contributed by atoms with Crippen LogP contribution in [-0.2, 0) is 4.79 Å². The summed E-state index contributed by atoms with van der Waals surface area (Å²) < 4.78 is 26.1. The van der Waals surface area contributed by atoms with E-state index in [1.165, 1.54) is 24.3 Å². The van der Waals surface area contributed by atoms with Crippen molar-refractivity contribution in [1.29, 1.82) is 5.26 Å². The predicted octanol–water partition coefficient (Wildman–Crippen LogP) is 3.00. The molecule has 2 aromatic rings. The van der Waals surface area contributed by atoms with E-state index in [2.05, 4.69) is 0 Å². The number of hydrogen-bond acceptors (Lipinski definition) is 3. The average Bonchev–Trinajstić information content (AvgIpc) is 2.55. The van der Waals surface area contributed by atoms with Gasteiger partial charge in [0.25, 0.3) is 5.91 Å². The van der Waals surface area contributed by atoms with E-state index in [9.17, 15) is 18.4 Å². The van der Waals surface area contributed by atoms with E-state index in [4.69, 9.17) is 11.0 Å². The molecule has 0 spiro atoms. The molecule has 0 bridgehead atoms. The number of nitrogens with two attached hydrogens (primary N) is 1. The summed E-state index contributed by atoms with van der Waals surface area (Å²) in [6.07, 6.45) is -0.267. The largest absolute Gasteiger partial charge is 0.365 e.